The smallest absolute Gasteiger partial charge is 0.124 e. The summed E-state index contributed by atoms with van der Waals surface area (Å²) >= 11 is 2.26. The number of halogens is 1. The van der Waals surface area contributed by atoms with Crippen molar-refractivity contribution < 1.29 is 9.84 Å². The molecule has 0 amide bonds. The number of benzene rings is 1. The first kappa shape index (κ1) is 11.2. The van der Waals surface area contributed by atoms with Gasteiger partial charge in [-0.25, -0.2) is 0 Å². The van der Waals surface area contributed by atoms with Gasteiger partial charge in [0, 0.05) is 3.57 Å². The van der Waals surface area contributed by atoms with Crippen LogP contribution >= 0.6 is 22.6 Å². The molecular formula is C12H15IO2. The topological polar surface area (TPSA) is 29.5 Å². The van der Waals surface area contributed by atoms with E-state index in [2.05, 4.69) is 22.6 Å². The standard InChI is InChI=1S/C12H15IO2/c13-9-4-3-5-10(8-9)15-12-7-2-1-6-11(12)14/h3-5,8,11-12,14H,1-2,6-7H2. The molecule has 2 rings (SSSR count). The average Bonchev–Trinajstić information content (AvgIpc) is 2.22. The van der Waals surface area contributed by atoms with Gasteiger partial charge in [0.25, 0.3) is 0 Å². The molecule has 0 radical (unpaired) electrons. The quantitative estimate of drug-likeness (QED) is 0.850. The van der Waals surface area contributed by atoms with E-state index in [0.29, 0.717) is 0 Å². The van der Waals surface area contributed by atoms with Gasteiger partial charge in [0.15, 0.2) is 0 Å². The van der Waals surface area contributed by atoms with Crippen molar-refractivity contribution in [3.63, 3.8) is 0 Å². The minimum atomic E-state index is -0.295. The van der Waals surface area contributed by atoms with Gasteiger partial charge < -0.3 is 9.84 Å². The minimum absolute atomic E-state index is 0.0167. The van der Waals surface area contributed by atoms with Crippen molar-refractivity contribution in [3.05, 3.63) is 27.8 Å². The predicted octanol–water partition coefficient (Wildman–Crippen LogP) is 2.97. The fourth-order valence-electron chi connectivity index (χ4n) is 1.93. The lowest BCUT2D eigenvalue weighted by molar-refractivity contribution is 0.00684. The zero-order valence-electron chi connectivity index (χ0n) is 8.53. The van der Waals surface area contributed by atoms with E-state index in [4.69, 9.17) is 4.74 Å². The molecule has 0 bridgehead atoms. The van der Waals surface area contributed by atoms with Gasteiger partial charge >= 0.3 is 0 Å². The van der Waals surface area contributed by atoms with Crippen LogP contribution in [0.2, 0.25) is 0 Å². The summed E-state index contributed by atoms with van der Waals surface area (Å²) in [6.45, 7) is 0. The fourth-order valence-corrected chi connectivity index (χ4v) is 2.44. The molecule has 1 aliphatic carbocycles. The molecule has 3 heteroatoms. The molecule has 1 aromatic carbocycles. The van der Waals surface area contributed by atoms with Gasteiger partial charge in [0.1, 0.15) is 11.9 Å². The van der Waals surface area contributed by atoms with Gasteiger partial charge in [-0.05, 0) is 60.1 Å². The molecule has 15 heavy (non-hydrogen) atoms. The van der Waals surface area contributed by atoms with Crippen LogP contribution < -0.4 is 4.74 Å². The average molecular weight is 318 g/mol. The lowest BCUT2D eigenvalue weighted by Crippen LogP contribution is -2.34. The van der Waals surface area contributed by atoms with Crippen molar-refractivity contribution in [2.24, 2.45) is 0 Å². The zero-order chi connectivity index (χ0) is 10.7. The van der Waals surface area contributed by atoms with Crippen LogP contribution in [0.25, 0.3) is 0 Å². The van der Waals surface area contributed by atoms with E-state index in [1.807, 2.05) is 24.3 Å². The Morgan fingerprint density at radius 2 is 2.07 bits per heavy atom. The molecule has 1 saturated carbocycles. The van der Waals surface area contributed by atoms with Gasteiger partial charge in [-0.15, -0.1) is 0 Å². The van der Waals surface area contributed by atoms with Crippen LogP contribution in [0.1, 0.15) is 25.7 Å². The molecule has 2 atom stereocenters. The first-order valence-corrected chi connectivity index (χ1v) is 6.44. The summed E-state index contributed by atoms with van der Waals surface area (Å²) in [6, 6.07) is 7.96. The third-order valence-electron chi connectivity index (χ3n) is 2.75. The van der Waals surface area contributed by atoms with Crippen molar-refractivity contribution in [3.8, 4) is 5.75 Å². The Kier molecular flexibility index (Phi) is 3.86. The maximum Gasteiger partial charge on any atom is 0.124 e. The Hall–Kier alpha value is -0.290. The molecule has 0 aliphatic heterocycles. The fraction of sp³-hybridized carbons (Fsp3) is 0.500. The van der Waals surface area contributed by atoms with Gasteiger partial charge in [-0.1, -0.05) is 12.5 Å². The molecule has 2 unspecified atom stereocenters. The molecule has 82 valence electrons. The molecule has 0 spiro atoms. The number of rotatable bonds is 2. The first-order valence-electron chi connectivity index (χ1n) is 5.36. The molecule has 0 saturated heterocycles. The van der Waals surface area contributed by atoms with Gasteiger partial charge in [0.05, 0.1) is 6.10 Å². The van der Waals surface area contributed by atoms with Crippen molar-refractivity contribution in [1.82, 2.24) is 0 Å². The Labute approximate surface area is 104 Å². The lowest BCUT2D eigenvalue weighted by Gasteiger charge is -2.28. The van der Waals surface area contributed by atoms with Crippen molar-refractivity contribution in [1.29, 1.82) is 0 Å². The van der Waals surface area contributed by atoms with Crippen LogP contribution in [0.4, 0.5) is 0 Å². The van der Waals surface area contributed by atoms with Crippen molar-refractivity contribution >= 4 is 22.6 Å². The van der Waals surface area contributed by atoms with E-state index in [-0.39, 0.29) is 12.2 Å². The molecule has 1 fully saturated rings. The van der Waals surface area contributed by atoms with E-state index in [9.17, 15) is 5.11 Å². The van der Waals surface area contributed by atoms with E-state index in [1.165, 1.54) is 0 Å². The van der Waals surface area contributed by atoms with Crippen LogP contribution in [0.5, 0.6) is 5.75 Å². The van der Waals surface area contributed by atoms with Crippen LogP contribution in [0.15, 0.2) is 24.3 Å². The number of aliphatic hydroxyl groups excluding tert-OH is 1. The molecular weight excluding hydrogens is 303 g/mol. The van der Waals surface area contributed by atoms with Crippen molar-refractivity contribution in [2.75, 3.05) is 0 Å². The summed E-state index contributed by atoms with van der Waals surface area (Å²) in [5, 5.41) is 9.77. The Bertz CT molecular complexity index is 327. The largest absolute Gasteiger partial charge is 0.488 e. The lowest BCUT2D eigenvalue weighted by atomic mass is 9.95. The number of aliphatic hydroxyl groups is 1. The summed E-state index contributed by atoms with van der Waals surface area (Å²) in [4.78, 5) is 0. The highest BCUT2D eigenvalue weighted by Crippen LogP contribution is 2.24. The highest BCUT2D eigenvalue weighted by molar-refractivity contribution is 14.1. The third-order valence-corrected chi connectivity index (χ3v) is 3.42. The second kappa shape index (κ2) is 5.16. The molecule has 2 nitrogen and oxygen atoms in total. The maximum atomic E-state index is 9.77. The summed E-state index contributed by atoms with van der Waals surface area (Å²) in [7, 11) is 0. The highest BCUT2D eigenvalue weighted by atomic mass is 127. The third kappa shape index (κ3) is 3.08. The van der Waals surface area contributed by atoms with E-state index in [0.717, 1.165) is 35.0 Å². The van der Waals surface area contributed by atoms with Crippen LogP contribution in [-0.4, -0.2) is 17.3 Å². The summed E-state index contributed by atoms with van der Waals surface area (Å²) in [5.74, 6) is 0.868. The Morgan fingerprint density at radius 3 is 2.80 bits per heavy atom. The predicted molar refractivity (Wildman–Crippen MR) is 68.0 cm³/mol. The van der Waals surface area contributed by atoms with Crippen molar-refractivity contribution in [2.45, 2.75) is 37.9 Å². The van der Waals surface area contributed by atoms with Gasteiger partial charge in [-0.3, -0.25) is 0 Å². The monoisotopic (exact) mass is 318 g/mol. The van der Waals surface area contributed by atoms with Gasteiger partial charge in [-0.2, -0.15) is 0 Å². The summed E-state index contributed by atoms with van der Waals surface area (Å²) in [6.07, 6.45) is 3.80. The van der Waals surface area contributed by atoms with Crippen LogP contribution in [0.3, 0.4) is 0 Å². The Morgan fingerprint density at radius 1 is 1.27 bits per heavy atom. The second-order valence-corrected chi connectivity index (χ2v) is 5.21. The molecule has 0 aromatic heterocycles. The summed E-state index contributed by atoms with van der Waals surface area (Å²) in [5.41, 5.74) is 0. The number of hydrogen-bond donors (Lipinski definition) is 1. The van der Waals surface area contributed by atoms with E-state index in [1.54, 1.807) is 0 Å². The van der Waals surface area contributed by atoms with E-state index >= 15 is 0 Å². The minimum Gasteiger partial charge on any atom is -0.488 e. The number of hydrogen-bond acceptors (Lipinski definition) is 2. The Balaban J connectivity index is 2.01. The zero-order valence-corrected chi connectivity index (χ0v) is 10.7. The van der Waals surface area contributed by atoms with Gasteiger partial charge in [0.2, 0.25) is 0 Å². The molecule has 1 N–H and O–H groups in total. The number of ether oxygens (including phenoxy) is 1. The van der Waals surface area contributed by atoms with Crippen LogP contribution in [-0.2, 0) is 0 Å². The molecule has 1 aromatic rings. The second-order valence-electron chi connectivity index (χ2n) is 3.97. The van der Waals surface area contributed by atoms with E-state index < -0.39 is 0 Å². The molecule has 0 heterocycles. The maximum absolute atomic E-state index is 9.77. The normalized spacial score (nSPS) is 26.3. The SMILES string of the molecule is OC1CCCCC1Oc1cccc(I)c1. The highest BCUT2D eigenvalue weighted by Gasteiger charge is 2.24. The first-order chi connectivity index (χ1) is 7.25. The summed E-state index contributed by atoms with van der Waals surface area (Å²) < 4.78 is 6.96. The van der Waals surface area contributed by atoms with Crippen LogP contribution in [0, 0.1) is 3.57 Å². The molecule has 1 aliphatic rings.